The number of nitro groups is 1. The van der Waals surface area contributed by atoms with Gasteiger partial charge >= 0.3 is 5.69 Å². The van der Waals surface area contributed by atoms with Crippen LogP contribution in [0.3, 0.4) is 0 Å². The lowest BCUT2D eigenvalue weighted by Gasteiger charge is -2.59. The van der Waals surface area contributed by atoms with Crippen LogP contribution in [0.15, 0.2) is 96.2 Å². The molecule has 4 aliphatic rings. The molecule has 1 aliphatic carbocycles. The largest absolute Gasteiger partial charge is 0.497 e. The van der Waals surface area contributed by atoms with Gasteiger partial charge in [-0.1, -0.05) is 50.2 Å². The number of hydrogen-bond donors (Lipinski definition) is 4. The topological polar surface area (TPSA) is 218 Å². The molecule has 1 saturated carbocycles. The summed E-state index contributed by atoms with van der Waals surface area (Å²) < 4.78 is 62.1. The Morgan fingerprint density at radius 2 is 1.70 bits per heavy atom. The minimum absolute atomic E-state index is 0.0153. The Kier molecular flexibility index (Phi) is 15.2. The van der Waals surface area contributed by atoms with Crippen LogP contribution in [0, 0.1) is 27.3 Å². The molecule has 4 N–H and O–H groups in total. The van der Waals surface area contributed by atoms with Crippen molar-refractivity contribution in [2.24, 2.45) is 11.3 Å². The number of amides is 1. The number of nitrogens with zero attached hydrogens (tertiary/aromatic N) is 6. The fourth-order valence-corrected chi connectivity index (χ4v) is 12.9. The number of benzene rings is 3. The minimum atomic E-state index is -4.74. The summed E-state index contributed by atoms with van der Waals surface area (Å²) in [5.41, 5.74) is 3.66. The second kappa shape index (κ2) is 21.9. The van der Waals surface area contributed by atoms with E-state index in [-0.39, 0.29) is 51.1 Å². The summed E-state index contributed by atoms with van der Waals surface area (Å²) in [5, 5.41) is 25.7. The molecule has 408 valence electrons. The average molecular weight is 1070 g/mol. The van der Waals surface area contributed by atoms with Gasteiger partial charge in [-0.25, -0.2) is 22.5 Å². The van der Waals surface area contributed by atoms with Crippen LogP contribution in [-0.4, -0.2) is 121 Å². The first-order valence-electron chi connectivity index (χ1n) is 26.5. The molecule has 0 bridgehead atoms. The predicted octanol–water partition coefficient (Wildman–Crippen LogP) is 9.37. The van der Waals surface area contributed by atoms with Gasteiger partial charge in [0.15, 0.2) is 5.75 Å². The summed E-state index contributed by atoms with van der Waals surface area (Å²) >= 11 is 0. The molecule has 3 aromatic heterocycles. The molecular formula is C57H68FN9O9S. The third-order valence-electron chi connectivity index (χ3n) is 16.5. The number of ether oxygens (including phenoxy) is 3. The molecule has 77 heavy (non-hydrogen) atoms. The summed E-state index contributed by atoms with van der Waals surface area (Å²) in [6, 6.07) is 24.8. The Morgan fingerprint density at radius 1 is 0.961 bits per heavy atom. The smallest absolute Gasteiger partial charge is 0.312 e. The maximum absolute atomic E-state index is 14.9. The van der Waals surface area contributed by atoms with E-state index in [2.05, 4.69) is 89.9 Å². The first-order valence-corrected chi connectivity index (χ1v) is 28.0. The Hall–Kier alpha value is -6.87. The van der Waals surface area contributed by atoms with Crippen molar-refractivity contribution < 1.29 is 41.8 Å². The van der Waals surface area contributed by atoms with Crippen molar-refractivity contribution >= 4 is 44.2 Å². The molecule has 3 aromatic carbocycles. The highest BCUT2D eigenvalue weighted by Gasteiger charge is 2.49. The first kappa shape index (κ1) is 53.5. The number of pyridine rings is 2. The number of aromatic nitrogens is 3. The maximum atomic E-state index is 14.9. The number of aromatic amines is 1. The van der Waals surface area contributed by atoms with Gasteiger partial charge in [0.2, 0.25) is 5.82 Å². The number of anilines is 2. The SMILES string of the molecule is COc1ccc(CN2CCC(N3CC4(CCN(c5ccc(C(=O)NS(=O)(=O)c6cnc(NCC7CCC(C)(O)CC7)c([N+](=O)[O-])c6)c(Oc6cc7c(F)c[nH]c7nc6OC)c5)CC4)C3)C(c3ccccc3C(C)C)C2)cc1. The van der Waals surface area contributed by atoms with Gasteiger partial charge in [0.25, 0.3) is 21.8 Å². The van der Waals surface area contributed by atoms with E-state index in [1.54, 1.807) is 26.2 Å². The Bertz CT molecular complexity index is 3240. The second-order valence-corrected chi connectivity index (χ2v) is 23.8. The number of aliphatic hydroxyl groups is 1. The molecule has 2 atom stereocenters. The number of sulfonamides is 1. The van der Waals surface area contributed by atoms with Crippen LogP contribution in [0.5, 0.6) is 23.1 Å². The van der Waals surface area contributed by atoms with Gasteiger partial charge < -0.3 is 34.5 Å². The van der Waals surface area contributed by atoms with Crippen molar-refractivity contribution in [3.05, 3.63) is 129 Å². The molecule has 6 heterocycles. The van der Waals surface area contributed by atoms with Crippen LogP contribution in [0.2, 0.25) is 0 Å². The van der Waals surface area contributed by atoms with E-state index in [1.165, 1.54) is 35.9 Å². The lowest BCUT2D eigenvalue weighted by molar-refractivity contribution is -0.384. The van der Waals surface area contributed by atoms with E-state index < -0.39 is 42.9 Å². The molecule has 2 unspecified atom stereocenters. The van der Waals surface area contributed by atoms with Crippen LogP contribution in [0.1, 0.15) is 105 Å². The van der Waals surface area contributed by atoms with Gasteiger partial charge in [-0.3, -0.25) is 24.7 Å². The summed E-state index contributed by atoms with van der Waals surface area (Å²) in [6.07, 6.45) is 7.64. The molecule has 18 nitrogen and oxygen atoms in total. The standard InChI is InChI=1S/C57H68FN9O9S/c1-36(2)42-8-6-7-9-43(42)46-33-64(32-38-10-13-40(74-4)14-11-38)23-18-48(46)66-34-57(35-66)21-24-65(25-22-57)39-12-15-44(50(26-39)76-51-28-45-47(58)31-61-52(45)62-55(51)75-5)54(68)63-77(72,73)41-27-49(67(70)71)53(60-30-41)59-29-37-16-19-56(3,69)20-17-37/h6-15,26-28,30-31,36-37,46,48,69H,16-25,29,32-35H2,1-5H3,(H,59,60)(H,61,62)(H,63,68). The summed E-state index contributed by atoms with van der Waals surface area (Å²) in [7, 11) is -1.68. The van der Waals surface area contributed by atoms with Crippen LogP contribution in [-0.2, 0) is 16.6 Å². The van der Waals surface area contributed by atoms with Crippen molar-refractivity contribution in [1.29, 1.82) is 0 Å². The van der Waals surface area contributed by atoms with Crippen molar-refractivity contribution in [3.8, 4) is 23.1 Å². The normalized spacial score (nSPS) is 21.9. The molecule has 20 heteroatoms. The highest BCUT2D eigenvalue weighted by atomic mass is 32.2. The van der Waals surface area contributed by atoms with E-state index in [0.717, 1.165) is 95.0 Å². The fraction of sp³-hybridized carbons (Fsp3) is 0.456. The molecule has 0 radical (unpaired) electrons. The lowest BCUT2D eigenvalue weighted by Crippen LogP contribution is -2.65. The molecule has 3 aliphatic heterocycles. The highest BCUT2D eigenvalue weighted by molar-refractivity contribution is 7.90. The average Bonchev–Trinajstić information content (AvgIpc) is 3.82. The summed E-state index contributed by atoms with van der Waals surface area (Å²) in [6.45, 7) is 13.0. The minimum Gasteiger partial charge on any atom is -0.497 e. The zero-order valence-corrected chi connectivity index (χ0v) is 45.1. The number of nitrogens with one attached hydrogen (secondary N) is 3. The number of rotatable bonds is 17. The first-order chi connectivity index (χ1) is 36.9. The van der Waals surface area contributed by atoms with E-state index in [4.69, 9.17) is 14.2 Å². The number of halogens is 1. The van der Waals surface area contributed by atoms with Crippen molar-refractivity contribution in [2.45, 2.75) is 101 Å². The summed E-state index contributed by atoms with van der Waals surface area (Å²) in [4.78, 5) is 43.9. The van der Waals surface area contributed by atoms with Crippen LogP contribution in [0.4, 0.5) is 21.6 Å². The fourth-order valence-electron chi connectivity index (χ4n) is 12.0. The zero-order valence-electron chi connectivity index (χ0n) is 44.3. The van der Waals surface area contributed by atoms with E-state index in [1.807, 2.05) is 12.1 Å². The van der Waals surface area contributed by atoms with Crippen molar-refractivity contribution in [1.82, 2.24) is 29.5 Å². The number of piperidine rings is 2. The van der Waals surface area contributed by atoms with Gasteiger partial charge in [0, 0.05) is 94.4 Å². The third kappa shape index (κ3) is 11.6. The van der Waals surface area contributed by atoms with Gasteiger partial charge in [-0.05, 0) is 110 Å². The van der Waals surface area contributed by atoms with Gasteiger partial charge in [-0.2, -0.15) is 4.98 Å². The number of methoxy groups -OCH3 is 2. The number of hydrogen-bond acceptors (Lipinski definition) is 15. The predicted molar refractivity (Wildman–Crippen MR) is 291 cm³/mol. The number of carbonyl (C=O) groups excluding carboxylic acids is 1. The Morgan fingerprint density at radius 3 is 2.40 bits per heavy atom. The maximum Gasteiger partial charge on any atom is 0.312 e. The number of likely N-dealkylation sites (tertiary alicyclic amines) is 2. The van der Waals surface area contributed by atoms with E-state index in [0.29, 0.717) is 50.1 Å². The number of carbonyl (C=O) groups is 1. The molecule has 1 amide bonds. The van der Waals surface area contributed by atoms with Gasteiger partial charge in [0.1, 0.15) is 27.9 Å². The van der Waals surface area contributed by atoms with Gasteiger partial charge in [-0.15, -0.1) is 0 Å². The number of H-pyrrole nitrogens is 1. The molecular weight excluding hydrogens is 1010 g/mol. The molecule has 4 fully saturated rings. The Labute approximate surface area is 448 Å². The summed E-state index contributed by atoms with van der Waals surface area (Å²) in [5.74, 6) is -0.155. The highest BCUT2D eigenvalue weighted by Crippen LogP contribution is 2.47. The van der Waals surface area contributed by atoms with Crippen LogP contribution >= 0.6 is 0 Å². The van der Waals surface area contributed by atoms with Crippen LogP contribution in [0.25, 0.3) is 11.0 Å². The van der Waals surface area contributed by atoms with E-state index >= 15 is 0 Å². The quantitative estimate of drug-likeness (QED) is 0.0494. The van der Waals surface area contributed by atoms with E-state index in [9.17, 15) is 32.8 Å². The van der Waals surface area contributed by atoms with Crippen molar-refractivity contribution in [2.75, 3.05) is 70.2 Å². The van der Waals surface area contributed by atoms with Gasteiger partial charge in [0.05, 0.1) is 41.9 Å². The Balaban J connectivity index is 0.856. The molecule has 3 saturated heterocycles. The lowest BCUT2D eigenvalue weighted by atomic mass is 9.69. The van der Waals surface area contributed by atoms with Crippen LogP contribution < -0.4 is 29.1 Å². The monoisotopic (exact) mass is 1070 g/mol. The number of fused-ring (bicyclic) bond motifs is 1. The van der Waals surface area contributed by atoms with Crippen molar-refractivity contribution in [3.63, 3.8) is 0 Å². The molecule has 6 aromatic rings. The zero-order chi connectivity index (χ0) is 54.2. The molecule has 10 rings (SSSR count). The second-order valence-electron chi connectivity index (χ2n) is 22.1. The molecule has 1 spiro atoms. The third-order valence-corrected chi connectivity index (χ3v) is 17.8.